The summed E-state index contributed by atoms with van der Waals surface area (Å²) in [7, 11) is 2.10. The fourth-order valence-electron chi connectivity index (χ4n) is 2.56. The van der Waals surface area contributed by atoms with E-state index in [2.05, 4.69) is 34.3 Å². The van der Waals surface area contributed by atoms with E-state index in [0.29, 0.717) is 12.0 Å². The third kappa shape index (κ3) is 2.85. The van der Waals surface area contributed by atoms with Crippen molar-refractivity contribution in [3.8, 4) is 0 Å². The zero-order chi connectivity index (χ0) is 12.3. The number of hydrogen-bond donors (Lipinski definition) is 2. The number of hydrazine groups is 1. The molecule has 0 amide bonds. The third-order valence-electron chi connectivity index (χ3n) is 3.59. The van der Waals surface area contributed by atoms with Gasteiger partial charge in [-0.2, -0.15) is 4.98 Å². The lowest BCUT2D eigenvalue weighted by atomic mass is 9.86. The van der Waals surface area contributed by atoms with E-state index in [1.54, 1.807) is 6.20 Å². The van der Waals surface area contributed by atoms with E-state index in [0.717, 1.165) is 11.7 Å². The Morgan fingerprint density at radius 3 is 3.00 bits per heavy atom. The van der Waals surface area contributed by atoms with Gasteiger partial charge in [0.1, 0.15) is 5.82 Å². The summed E-state index contributed by atoms with van der Waals surface area (Å²) in [6.07, 6.45) is 6.88. The van der Waals surface area contributed by atoms with E-state index in [4.69, 9.17) is 5.84 Å². The van der Waals surface area contributed by atoms with E-state index < -0.39 is 0 Å². The summed E-state index contributed by atoms with van der Waals surface area (Å²) >= 11 is 0. The van der Waals surface area contributed by atoms with Crippen molar-refractivity contribution in [3.63, 3.8) is 0 Å². The number of nitrogens with zero attached hydrogens (tertiary/aromatic N) is 3. The van der Waals surface area contributed by atoms with Gasteiger partial charge in [-0.15, -0.1) is 0 Å². The monoisotopic (exact) mass is 235 g/mol. The standard InChI is InChI=1S/C12H21N5/c1-9-4-3-5-10(8-9)17(2)11-6-7-14-12(15-11)16-13/h6-7,9-10H,3-5,8,13H2,1-2H3,(H,14,15,16). The van der Waals surface area contributed by atoms with Crippen molar-refractivity contribution in [2.24, 2.45) is 11.8 Å². The molecule has 5 heteroatoms. The molecule has 2 rings (SSSR count). The van der Waals surface area contributed by atoms with E-state index in [9.17, 15) is 0 Å². The van der Waals surface area contributed by atoms with Gasteiger partial charge in [0.15, 0.2) is 0 Å². The Kier molecular flexibility index (Phi) is 3.78. The number of aromatic nitrogens is 2. The molecule has 1 aromatic rings. The normalized spacial score (nSPS) is 24.4. The topological polar surface area (TPSA) is 67.1 Å². The molecule has 3 N–H and O–H groups in total. The predicted octanol–water partition coefficient (Wildman–Crippen LogP) is 1.78. The molecule has 1 aromatic heterocycles. The van der Waals surface area contributed by atoms with Crippen LogP contribution in [0.4, 0.5) is 11.8 Å². The molecule has 5 nitrogen and oxygen atoms in total. The molecule has 1 heterocycles. The summed E-state index contributed by atoms with van der Waals surface area (Å²) in [5, 5.41) is 0. The molecule has 0 radical (unpaired) electrons. The molecule has 2 atom stereocenters. The van der Waals surface area contributed by atoms with Gasteiger partial charge in [-0.1, -0.05) is 19.8 Å². The van der Waals surface area contributed by atoms with Crippen molar-refractivity contribution in [1.29, 1.82) is 0 Å². The van der Waals surface area contributed by atoms with Gasteiger partial charge in [-0.3, -0.25) is 5.43 Å². The molecule has 0 saturated heterocycles. The Hall–Kier alpha value is -1.36. The van der Waals surface area contributed by atoms with Crippen molar-refractivity contribution in [2.75, 3.05) is 17.4 Å². The lowest BCUT2D eigenvalue weighted by Crippen LogP contribution is -2.36. The SMILES string of the molecule is CC1CCCC(N(C)c2ccnc(NN)n2)C1. The minimum absolute atomic E-state index is 0.471. The highest BCUT2D eigenvalue weighted by Crippen LogP contribution is 2.28. The molecule has 94 valence electrons. The summed E-state index contributed by atoms with van der Waals surface area (Å²) in [5.74, 6) is 7.54. The molecule has 2 unspecified atom stereocenters. The van der Waals surface area contributed by atoms with Gasteiger partial charge in [0.05, 0.1) is 0 Å². The highest BCUT2D eigenvalue weighted by Gasteiger charge is 2.23. The molecule has 1 aliphatic rings. The highest BCUT2D eigenvalue weighted by atomic mass is 15.3. The van der Waals surface area contributed by atoms with Crippen molar-refractivity contribution in [3.05, 3.63) is 12.3 Å². The molecule has 0 aliphatic heterocycles. The molecule has 1 saturated carbocycles. The lowest BCUT2D eigenvalue weighted by Gasteiger charge is -2.34. The lowest BCUT2D eigenvalue weighted by molar-refractivity contribution is 0.335. The van der Waals surface area contributed by atoms with Crippen LogP contribution in [0, 0.1) is 5.92 Å². The average Bonchev–Trinajstić information content (AvgIpc) is 2.38. The first-order valence-corrected chi connectivity index (χ1v) is 6.23. The average molecular weight is 235 g/mol. The second-order valence-electron chi connectivity index (χ2n) is 4.92. The minimum Gasteiger partial charge on any atom is -0.357 e. The quantitative estimate of drug-likeness (QED) is 0.617. The summed E-state index contributed by atoms with van der Waals surface area (Å²) < 4.78 is 0. The minimum atomic E-state index is 0.471. The van der Waals surface area contributed by atoms with Crippen LogP contribution in [-0.4, -0.2) is 23.1 Å². The van der Waals surface area contributed by atoms with E-state index in [-0.39, 0.29) is 0 Å². The molecule has 17 heavy (non-hydrogen) atoms. The molecule has 0 aromatic carbocycles. The maximum absolute atomic E-state index is 5.33. The second-order valence-corrected chi connectivity index (χ2v) is 4.92. The Balaban J connectivity index is 2.09. The number of rotatable bonds is 3. The maximum atomic E-state index is 5.33. The number of hydrogen-bond acceptors (Lipinski definition) is 5. The van der Waals surface area contributed by atoms with Crippen LogP contribution in [0.25, 0.3) is 0 Å². The fraction of sp³-hybridized carbons (Fsp3) is 0.667. The van der Waals surface area contributed by atoms with Crippen LogP contribution in [0.1, 0.15) is 32.6 Å². The van der Waals surface area contributed by atoms with Gasteiger partial charge >= 0.3 is 0 Å². The van der Waals surface area contributed by atoms with E-state index in [1.807, 2.05) is 6.07 Å². The molecular weight excluding hydrogens is 214 g/mol. The first kappa shape index (κ1) is 12.1. The van der Waals surface area contributed by atoms with Crippen LogP contribution in [-0.2, 0) is 0 Å². The maximum Gasteiger partial charge on any atom is 0.239 e. The van der Waals surface area contributed by atoms with E-state index >= 15 is 0 Å². The second kappa shape index (κ2) is 5.31. The van der Waals surface area contributed by atoms with Crippen LogP contribution in [0.3, 0.4) is 0 Å². The number of nitrogens with two attached hydrogens (primary N) is 1. The van der Waals surface area contributed by atoms with Gasteiger partial charge in [0.25, 0.3) is 0 Å². The van der Waals surface area contributed by atoms with Crippen LogP contribution in [0.2, 0.25) is 0 Å². The third-order valence-corrected chi connectivity index (χ3v) is 3.59. The number of nitrogens with one attached hydrogen (secondary N) is 1. The van der Waals surface area contributed by atoms with Crippen molar-refractivity contribution in [1.82, 2.24) is 9.97 Å². The van der Waals surface area contributed by atoms with E-state index in [1.165, 1.54) is 25.7 Å². The zero-order valence-electron chi connectivity index (χ0n) is 10.6. The highest BCUT2D eigenvalue weighted by molar-refractivity contribution is 5.42. The Morgan fingerprint density at radius 1 is 1.47 bits per heavy atom. The molecule has 1 aliphatic carbocycles. The summed E-state index contributed by atoms with van der Waals surface area (Å²) in [5.41, 5.74) is 2.49. The largest absolute Gasteiger partial charge is 0.357 e. The van der Waals surface area contributed by atoms with Crippen LogP contribution in [0.15, 0.2) is 12.3 Å². The first-order chi connectivity index (χ1) is 8.20. The zero-order valence-corrected chi connectivity index (χ0v) is 10.6. The molecule has 0 bridgehead atoms. The smallest absolute Gasteiger partial charge is 0.239 e. The Morgan fingerprint density at radius 2 is 2.29 bits per heavy atom. The summed E-state index contributed by atoms with van der Waals surface area (Å²) in [6, 6.07) is 2.51. The Labute approximate surface area is 102 Å². The van der Waals surface area contributed by atoms with Crippen LogP contribution >= 0.6 is 0 Å². The van der Waals surface area contributed by atoms with Crippen LogP contribution < -0.4 is 16.2 Å². The van der Waals surface area contributed by atoms with Gasteiger partial charge in [-0.25, -0.2) is 10.8 Å². The fourth-order valence-corrected chi connectivity index (χ4v) is 2.56. The summed E-state index contributed by atoms with van der Waals surface area (Å²) in [6.45, 7) is 2.33. The van der Waals surface area contributed by atoms with Crippen molar-refractivity contribution >= 4 is 11.8 Å². The molecule has 1 fully saturated rings. The summed E-state index contributed by atoms with van der Waals surface area (Å²) in [4.78, 5) is 10.6. The van der Waals surface area contributed by atoms with Gasteiger partial charge in [0, 0.05) is 19.3 Å². The first-order valence-electron chi connectivity index (χ1n) is 6.23. The molecule has 0 spiro atoms. The van der Waals surface area contributed by atoms with Crippen LogP contribution in [0.5, 0.6) is 0 Å². The van der Waals surface area contributed by atoms with Gasteiger partial charge in [0.2, 0.25) is 5.95 Å². The van der Waals surface area contributed by atoms with Crippen molar-refractivity contribution in [2.45, 2.75) is 38.6 Å². The predicted molar refractivity (Wildman–Crippen MR) is 69.7 cm³/mol. The number of anilines is 2. The number of nitrogen functional groups attached to an aromatic ring is 1. The Bertz CT molecular complexity index is 368. The van der Waals surface area contributed by atoms with Gasteiger partial charge < -0.3 is 4.90 Å². The molecular formula is C12H21N5. The van der Waals surface area contributed by atoms with Crippen molar-refractivity contribution < 1.29 is 0 Å². The van der Waals surface area contributed by atoms with Gasteiger partial charge in [-0.05, 0) is 24.8 Å².